The number of aromatic nitrogens is 3. The van der Waals surface area contributed by atoms with Crippen LogP contribution in [0.15, 0.2) is 70.2 Å². The highest BCUT2D eigenvalue weighted by Gasteiger charge is 2.16. The molecule has 0 atom stereocenters. The van der Waals surface area contributed by atoms with Crippen molar-refractivity contribution in [3.8, 4) is 0 Å². The van der Waals surface area contributed by atoms with Gasteiger partial charge in [-0.05, 0) is 24.6 Å². The van der Waals surface area contributed by atoms with Gasteiger partial charge in [-0.25, -0.2) is 0 Å². The molecule has 0 saturated heterocycles. The molecule has 0 spiro atoms. The molecule has 0 amide bonds. The van der Waals surface area contributed by atoms with Crippen molar-refractivity contribution in [2.75, 3.05) is 5.75 Å². The number of thioether (sulfide) groups is 1. The minimum atomic E-state index is -0.0573. The van der Waals surface area contributed by atoms with E-state index in [1.54, 1.807) is 6.07 Å². The van der Waals surface area contributed by atoms with Gasteiger partial charge in [0.05, 0.1) is 12.3 Å². The number of ketones is 1. The molecule has 130 valence electrons. The molecule has 2 heterocycles. The summed E-state index contributed by atoms with van der Waals surface area (Å²) < 4.78 is 7.66. The topological polar surface area (TPSA) is 60.9 Å². The highest BCUT2D eigenvalue weighted by molar-refractivity contribution is 7.99. The van der Waals surface area contributed by atoms with E-state index in [1.165, 1.54) is 17.3 Å². The van der Waals surface area contributed by atoms with Crippen LogP contribution in [0.2, 0.25) is 0 Å². The average molecular weight is 363 g/mol. The summed E-state index contributed by atoms with van der Waals surface area (Å²) in [5.74, 6) is 1.41. The third kappa shape index (κ3) is 3.41. The first-order valence-electron chi connectivity index (χ1n) is 8.29. The summed E-state index contributed by atoms with van der Waals surface area (Å²) in [6, 6.07) is 19.5. The fourth-order valence-corrected chi connectivity index (χ4v) is 3.59. The van der Waals surface area contributed by atoms with Crippen LogP contribution in [-0.4, -0.2) is 26.3 Å². The lowest BCUT2D eigenvalue weighted by Crippen LogP contribution is -2.06. The average Bonchev–Trinajstić information content (AvgIpc) is 3.25. The summed E-state index contributed by atoms with van der Waals surface area (Å²) in [4.78, 5) is 12.5. The third-order valence-electron chi connectivity index (χ3n) is 4.12. The second-order valence-electron chi connectivity index (χ2n) is 5.96. The summed E-state index contributed by atoms with van der Waals surface area (Å²) in [5, 5.41) is 10.0. The van der Waals surface area contributed by atoms with Crippen molar-refractivity contribution in [2.24, 2.45) is 0 Å². The zero-order valence-electron chi connectivity index (χ0n) is 14.3. The SMILES string of the molecule is Cc1nnc(SCC(=O)c2cc3ccccc3o2)n1Cc1ccccc1. The Bertz CT molecular complexity index is 1020. The van der Waals surface area contributed by atoms with Gasteiger partial charge in [0.25, 0.3) is 0 Å². The predicted molar refractivity (Wildman–Crippen MR) is 102 cm³/mol. The molecule has 2 aromatic heterocycles. The quantitative estimate of drug-likeness (QED) is 0.376. The molecule has 0 N–H and O–H groups in total. The second-order valence-corrected chi connectivity index (χ2v) is 6.90. The molecule has 0 aliphatic rings. The summed E-state index contributed by atoms with van der Waals surface area (Å²) in [6.07, 6.45) is 0. The lowest BCUT2D eigenvalue weighted by molar-refractivity contribution is 0.0994. The molecule has 26 heavy (non-hydrogen) atoms. The standard InChI is InChI=1S/C20H17N3O2S/c1-14-21-22-20(23(14)12-15-7-3-2-4-8-15)26-13-17(24)19-11-16-9-5-6-10-18(16)25-19/h2-11H,12-13H2,1H3. The smallest absolute Gasteiger partial charge is 0.208 e. The van der Waals surface area contributed by atoms with Crippen molar-refractivity contribution in [3.05, 3.63) is 77.8 Å². The van der Waals surface area contributed by atoms with E-state index >= 15 is 0 Å². The molecule has 0 aliphatic heterocycles. The Labute approximate surface area is 155 Å². The Balaban J connectivity index is 1.48. The number of benzene rings is 2. The molecule has 4 aromatic rings. The first kappa shape index (κ1) is 16.6. The van der Waals surface area contributed by atoms with Crippen molar-refractivity contribution in [1.29, 1.82) is 0 Å². The molecule has 0 aliphatic carbocycles. The first-order valence-corrected chi connectivity index (χ1v) is 9.27. The van der Waals surface area contributed by atoms with E-state index in [2.05, 4.69) is 22.3 Å². The van der Waals surface area contributed by atoms with E-state index in [0.717, 1.165) is 22.0 Å². The van der Waals surface area contributed by atoms with Crippen molar-refractivity contribution >= 4 is 28.5 Å². The van der Waals surface area contributed by atoms with Gasteiger partial charge in [0.1, 0.15) is 11.4 Å². The van der Waals surface area contributed by atoms with E-state index in [-0.39, 0.29) is 11.5 Å². The van der Waals surface area contributed by atoms with E-state index in [0.29, 0.717) is 12.3 Å². The maximum Gasteiger partial charge on any atom is 0.208 e. The fourth-order valence-electron chi connectivity index (χ4n) is 2.74. The number of aryl methyl sites for hydroxylation is 1. The highest BCUT2D eigenvalue weighted by Crippen LogP contribution is 2.23. The number of rotatable bonds is 6. The van der Waals surface area contributed by atoms with Gasteiger partial charge in [0.15, 0.2) is 10.9 Å². The Hall–Kier alpha value is -2.86. The van der Waals surface area contributed by atoms with Crippen LogP contribution in [0.1, 0.15) is 21.9 Å². The number of Topliss-reactive ketones (excluding diaryl/α,β-unsaturated/α-hetero) is 1. The van der Waals surface area contributed by atoms with E-state index in [9.17, 15) is 4.79 Å². The lowest BCUT2D eigenvalue weighted by atomic mass is 10.2. The van der Waals surface area contributed by atoms with Crippen LogP contribution in [0.25, 0.3) is 11.0 Å². The van der Waals surface area contributed by atoms with Gasteiger partial charge in [0.2, 0.25) is 5.78 Å². The molecule has 2 aromatic carbocycles. The molecular weight excluding hydrogens is 346 g/mol. The number of para-hydroxylation sites is 1. The molecule has 0 radical (unpaired) electrons. The number of fused-ring (bicyclic) bond motifs is 1. The molecule has 4 rings (SSSR count). The Morgan fingerprint density at radius 2 is 1.85 bits per heavy atom. The van der Waals surface area contributed by atoms with Crippen molar-refractivity contribution in [3.63, 3.8) is 0 Å². The molecule has 6 heteroatoms. The Morgan fingerprint density at radius 1 is 1.08 bits per heavy atom. The van der Waals surface area contributed by atoms with Crippen molar-refractivity contribution in [2.45, 2.75) is 18.6 Å². The summed E-state index contributed by atoms with van der Waals surface area (Å²) in [5.41, 5.74) is 1.89. The number of hydrogen-bond donors (Lipinski definition) is 0. The summed E-state index contributed by atoms with van der Waals surface area (Å²) >= 11 is 1.38. The number of nitrogens with zero attached hydrogens (tertiary/aromatic N) is 3. The Morgan fingerprint density at radius 3 is 2.65 bits per heavy atom. The Kier molecular flexibility index (Phi) is 4.58. The van der Waals surface area contributed by atoms with Crippen molar-refractivity contribution < 1.29 is 9.21 Å². The minimum Gasteiger partial charge on any atom is -0.453 e. The molecule has 0 saturated carbocycles. The van der Waals surface area contributed by atoms with Crippen molar-refractivity contribution in [1.82, 2.24) is 14.8 Å². The van der Waals surface area contributed by atoms with E-state index < -0.39 is 0 Å². The van der Waals surface area contributed by atoms with Gasteiger partial charge in [-0.2, -0.15) is 0 Å². The molecule has 0 unspecified atom stereocenters. The highest BCUT2D eigenvalue weighted by atomic mass is 32.2. The van der Waals surface area contributed by atoms with Gasteiger partial charge in [0, 0.05) is 5.39 Å². The van der Waals surface area contributed by atoms with Crippen LogP contribution in [0.4, 0.5) is 0 Å². The number of carbonyl (C=O) groups is 1. The monoisotopic (exact) mass is 363 g/mol. The van der Waals surface area contributed by atoms with Crippen LogP contribution < -0.4 is 0 Å². The molecular formula is C20H17N3O2S. The lowest BCUT2D eigenvalue weighted by Gasteiger charge is -2.08. The van der Waals surface area contributed by atoms with Crippen LogP contribution in [0.5, 0.6) is 0 Å². The first-order chi connectivity index (χ1) is 12.7. The van der Waals surface area contributed by atoms with Gasteiger partial charge >= 0.3 is 0 Å². The maximum absolute atomic E-state index is 12.5. The minimum absolute atomic E-state index is 0.0573. The molecule has 5 nitrogen and oxygen atoms in total. The zero-order valence-corrected chi connectivity index (χ0v) is 15.1. The van der Waals surface area contributed by atoms with Crippen LogP contribution in [-0.2, 0) is 6.54 Å². The third-order valence-corrected chi connectivity index (χ3v) is 5.08. The van der Waals surface area contributed by atoms with Crippen LogP contribution in [0, 0.1) is 6.92 Å². The zero-order chi connectivity index (χ0) is 17.9. The number of hydrogen-bond acceptors (Lipinski definition) is 5. The normalized spacial score (nSPS) is 11.1. The second kappa shape index (κ2) is 7.17. The van der Waals surface area contributed by atoms with Gasteiger partial charge in [-0.15, -0.1) is 10.2 Å². The van der Waals surface area contributed by atoms with Crippen LogP contribution >= 0.6 is 11.8 Å². The molecule has 0 bridgehead atoms. The van der Waals surface area contributed by atoms with Crippen LogP contribution in [0.3, 0.4) is 0 Å². The summed E-state index contributed by atoms with van der Waals surface area (Å²) in [7, 11) is 0. The predicted octanol–water partition coefficient (Wildman–Crippen LogP) is 4.36. The summed E-state index contributed by atoms with van der Waals surface area (Å²) in [6.45, 7) is 2.60. The van der Waals surface area contributed by atoms with E-state index in [4.69, 9.17) is 4.42 Å². The maximum atomic E-state index is 12.5. The fraction of sp³-hybridized carbons (Fsp3) is 0.150. The largest absolute Gasteiger partial charge is 0.453 e. The van der Waals surface area contributed by atoms with Gasteiger partial charge in [-0.1, -0.05) is 60.3 Å². The van der Waals surface area contributed by atoms with E-state index in [1.807, 2.05) is 54.0 Å². The molecule has 0 fully saturated rings. The van der Waals surface area contributed by atoms with Gasteiger partial charge < -0.3 is 8.98 Å². The number of furan rings is 1. The van der Waals surface area contributed by atoms with Gasteiger partial charge in [-0.3, -0.25) is 4.79 Å². The number of carbonyl (C=O) groups excluding carboxylic acids is 1.